The van der Waals surface area contributed by atoms with E-state index in [2.05, 4.69) is 0 Å². The highest BCUT2D eigenvalue weighted by molar-refractivity contribution is 5.75. The van der Waals surface area contributed by atoms with Gasteiger partial charge >= 0.3 is 0 Å². The van der Waals surface area contributed by atoms with Gasteiger partial charge in [0.15, 0.2) is 0 Å². The molecule has 1 aromatic carbocycles. The summed E-state index contributed by atoms with van der Waals surface area (Å²) in [7, 11) is 0. The van der Waals surface area contributed by atoms with Crippen molar-refractivity contribution in [2.75, 3.05) is 0 Å². The predicted molar refractivity (Wildman–Crippen MR) is 70.6 cm³/mol. The van der Waals surface area contributed by atoms with Crippen molar-refractivity contribution in [3.63, 3.8) is 0 Å². The number of allylic oxidation sites excluding steroid dienone is 4. The van der Waals surface area contributed by atoms with Crippen molar-refractivity contribution < 1.29 is 10.2 Å². The molecule has 4 N–H and O–H groups in total. The molecule has 0 spiro atoms. The molecule has 0 aliphatic heterocycles. The monoisotopic (exact) mass is 233 g/mol. The van der Waals surface area contributed by atoms with E-state index in [1.165, 1.54) is 0 Å². The van der Waals surface area contributed by atoms with Gasteiger partial charge in [0.1, 0.15) is 0 Å². The van der Waals surface area contributed by atoms with E-state index in [4.69, 9.17) is 5.73 Å². The van der Waals surface area contributed by atoms with Crippen molar-refractivity contribution in [1.82, 2.24) is 0 Å². The van der Waals surface area contributed by atoms with Gasteiger partial charge in [0.25, 0.3) is 0 Å². The van der Waals surface area contributed by atoms with Gasteiger partial charge in [-0.3, -0.25) is 0 Å². The van der Waals surface area contributed by atoms with Crippen molar-refractivity contribution in [2.45, 2.75) is 26.8 Å². The van der Waals surface area contributed by atoms with Crippen LogP contribution in [0.25, 0.3) is 5.57 Å². The molecule has 0 aliphatic rings. The summed E-state index contributed by atoms with van der Waals surface area (Å²) in [5, 5.41) is 19.2. The Kier molecular flexibility index (Phi) is 4.79. The molecule has 0 unspecified atom stereocenters. The Morgan fingerprint density at radius 1 is 1.35 bits per heavy atom. The van der Waals surface area contributed by atoms with Gasteiger partial charge in [-0.15, -0.1) is 0 Å². The number of hydrogen-bond donors (Lipinski definition) is 3. The fourth-order valence-corrected chi connectivity index (χ4v) is 1.53. The van der Waals surface area contributed by atoms with Gasteiger partial charge in [0.05, 0.1) is 11.5 Å². The van der Waals surface area contributed by atoms with Crippen LogP contribution in [0.3, 0.4) is 0 Å². The molecule has 92 valence electrons. The van der Waals surface area contributed by atoms with Crippen molar-refractivity contribution in [3.8, 4) is 0 Å². The summed E-state index contributed by atoms with van der Waals surface area (Å²) in [4.78, 5) is 0. The van der Waals surface area contributed by atoms with Crippen LogP contribution in [0.15, 0.2) is 41.9 Å². The fourth-order valence-electron chi connectivity index (χ4n) is 1.53. The third kappa shape index (κ3) is 3.64. The van der Waals surface area contributed by atoms with Crippen LogP contribution in [-0.4, -0.2) is 10.2 Å². The molecule has 0 aromatic heterocycles. The van der Waals surface area contributed by atoms with Crippen molar-refractivity contribution in [3.05, 3.63) is 53.0 Å². The Labute approximate surface area is 102 Å². The summed E-state index contributed by atoms with van der Waals surface area (Å²) in [6, 6.07) is 7.61. The first-order chi connectivity index (χ1) is 8.08. The second-order valence-electron chi connectivity index (χ2n) is 3.89. The fraction of sp³-hybridized carbons (Fsp3) is 0.286. The zero-order chi connectivity index (χ0) is 12.8. The molecule has 0 aliphatic carbocycles. The maximum Gasteiger partial charge on any atom is 0.0971 e. The van der Waals surface area contributed by atoms with Crippen LogP contribution in [0.2, 0.25) is 0 Å². The largest absolute Gasteiger partial charge is 0.512 e. The molecule has 1 aromatic rings. The van der Waals surface area contributed by atoms with Gasteiger partial charge in [-0.1, -0.05) is 25.1 Å². The first-order valence-corrected chi connectivity index (χ1v) is 5.67. The normalized spacial score (nSPS) is 13.5. The Balaban J connectivity index is 3.21. The van der Waals surface area contributed by atoms with Gasteiger partial charge in [-0.25, -0.2) is 0 Å². The van der Waals surface area contributed by atoms with Crippen LogP contribution in [0.5, 0.6) is 0 Å². The van der Waals surface area contributed by atoms with Crippen molar-refractivity contribution in [1.29, 1.82) is 0 Å². The Morgan fingerprint density at radius 2 is 2.06 bits per heavy atom. The van der Waals surface area contributed by atoms with E-state index in [0.29, 0.717) is 18.5 Å². The van der Waals surface area contributed by atoms with E-state index >= 15 is 0 Å². The van der Waals surface area contributed by atoms with E-state index in [1.54, 1.807) is 13.0 Å². The molecule has 0 heterocycles. The lowest BCUT2D eigenvalue weighted by molar-refractivity contribution is 0.393. The molecular formula is C14H19NO2. The highest BCUT2D eigenvalue weighted by Gasteiger charge is 2.05. The molecule has 0 saturated carbocycles. The zero-order valence-electron chi connectivity index (χ0n) is 10.3. The molecule has 17 heavy (non-hydrogen) atoms. The first-order valence-electron chi connectivity index (χ1n) is 5.67. The number of benzene rings is 1. The Bertz CT molecular complexity index is 443. The summed E-state index contributed by atoms with van der Waals surface area (Å²) < 4.78 is 0. The minimum atomic E-state index is 0.180. The van der Waals surface area contributed by atoms with Crippen LogP contribution in [0.1, 0.15) is 31.4 Å². The number of aliphatic hydroxyl groups excluding tert-OH is 2. The van der Waals surface area contributed by atoms with Crippen LogP contribution in [0, 0.1) is 0 Å². The average Bonchev–Trinajstić information content (AvgIpc) is 2.35. The summed E-state index contributed by atoms with van der Waals surface area (Å²) in [5.41, 5.74) is 8.05. The summed E-state index contributed by atoms with van der Waals surface area (Å²) >= 11 is 0. The van der Waals surface area contributed by atoms with Crippen LogP contribution in [-0.2, 0) is 6.54 Å². The molecule has 1 rings (SSSR count). The van der Waals surface area contributed by atoms with Crippen LogP contribution in [0.4, 0.5) is 0 Å². The number of rotatable bonds is 4. The lowest BCUT2D eigenvalue weighted by atomic mass is 10.0. The topological polar surface area (TPSA) is 66.5 Å². The SMILES string of the molecule is CC/C(O)=C\C(=C(/C)O)c1cccc(CN)c1. The van der Waals surface area contributed by atoms with E-state index in [1.807, 2.05) is 31.2 Å². The van der Waals surface area contributed by atoms with Gasteiger partial charge < -0.3 is 15.9 Å². The quantitative estimate of drug-likeness (QED) is 0.552. The minimum absolute atomic E-state index is 0.180. The number of hydrogen-bond acceptors (Lipinski definition) is 3. The van der Waals surface area contributed by atoms with Gasteiger partial charge in [-0.05, 0) is 30.2 Å². The third-order valence-electron chi connectivity index (χ3n) is 2.54. The van der Waals surface area contributed by atoms with Crippen LogP contribution >= 0.6 is 0 Å². The Hall–Kier alpha value is -1.74. The molecule has 0 atom stereocenters. The number of nitrogens with two attached hydrogens (primary N) is 1. The molecular weight excluding hydrogens is 214 g/mol. The summed E-state index contributed by atoms with van der Waals surface area (Å²) in [5.74, 6) is 0.422. The standard InChI is InChI=1S/C14H19NO2/c1-3-13(17)8-14(10(2)16)12-6-4-5-11(7-12)9-15/h4-8,16-17H,3,9,15H2,1-2H3/b13-8+,14-10-. The third-order valence-corrected chi connectivity index (χ3v) is 2.54. The highest BCUT2D eigenvalue weighted by Crippen LogP contribution is 2.22. The van der Waals surface area contributed by atoms with E-state index in [0.717, 1.165) is 11.1 Å². The van der Waals surface area contributed by atoms with Gasteiger partial charge in [0.2, 0.25) is 0 Å². The molecule has 0 bridgehead atoms. The lowest BCUT2D eigenvalue weighted by Gasteiger charge is -2.07. The molecule has 0 amide bonds. The average molecular weight is 233 g/mol. The van der Waals surface area contributed by atoms with Gasteiger partial charge in [0, 0.05) is 18.5 Å². The van der Waals surface area contributed by atoms with E-state index in [-0.39, 0.29) is 11.5 Å². The van der Waals surface area contributed by atoms with E-state index in [9.17, 15) is 10.2 Å². The second-order valence-corrected chi connectivity index (χ2v) is 3.89. The first kappa shape index (κ1) is 13.3. The van der Waals surface area contributed by atoms with Gasteiger partial charge in [-0.2, -0.15) is 0 Å². The lowest BCUT2D eigenvalue weighted by Crippen LogP contribution is -1.97. The van der Waals surface area contributed by atoms with Crippen molar-refractivity contribution >= 4 is 5.57 Å². The maximum atomic E-state index is 9.67. The second kappa shape index (κ2) is 6.11. The summed E-state index contributed by atoms with van der Waals surface area (Å²) in [6.45, 7) is 3.91. The maximum absolute atomic E-state index is 9.67. The molecule has 0 fully saturated rings. The van der Waals surface area contributed by atoms with E-state index < -0.39 is 0 Å². The molecule has 0 saturated heterocycles. The zero-order valence-corrected chi connectivity index (χ0v) is 10.3. The molecule has 3 heteroatoms. The number of aliphatic hydroxyl groups is 2. The van der Waals surface area contributed by atoms with Crippen molar-refractivity contribution in [2.24, 2.45) is 5.73 Å². The summed E-state index contributed by atoms with van der Waals surface area (Å²) in [6.07, 6.45) is 2.12. The van der Waals surface area contributed by atoms with Crippen LogP contribution < -0.4 is 5.73 Å². The smallest absolute Gasteiger partial charge is 0.0971 e. The predicted octanol–water partition coefficient (Wildman–Crippen LogP) is 3.29. The molecule has 3 nitrogen and oxygen atoms in total. The molecule has 0 radical (unpaired) electrons. The highest BCUT2D eigenvalue weighted by atomic mass is 16.3. The minimum Gasteiger partial charge on any atom is -0.512 e. The Morgan fingerprint density at radius 3 is 2.59 bits per heavy atom.